The quantitative estimate of drug-likeness (QED) is 0.665. The fraction of sp³-hybridized carbons (Fsp3) is 0.167. The lowest BCUT2D eigenvalue weighted by Gasteiger charge is -2.06. The summed E-state index contributed by atoms with van der Waals surface area (Å²) >= 11 is 1.60. The van der Waals surface area contributed by atoms with Crippen molar-refractivity contribution in [3.05, 3.63) is 50.7 Å². The Bertz CT molecular complexity index is 540. The Morgan fingerprint density at radius 2 is 2.28 bits per heavy atom. The topological polar surface area (TPSA) is 64.4 Å². The molecule has 0 bridgehead atoms. The third-order valence-corrected chi connectivity index (χ3v) is 3.14. The maximum Gasteiger partial charge on any atom is 0.311 e. The van der Waals surface area contributed by atoms with Crippen molar-refractivity contribution in [2.45, 2.75) is 6.54 Å². The number of nitro benzene ring substituents is 1. The average Bonchev–Trinajstić information content (AvgIpc) is 2.89. The van der Waals surface area contributed by atoms with E-state index in [9.17, 15) is 10.1 Å². The first-order chi connectivity index (χ1) is 8.70. The molecule has 1 N–H and O–H groups in total. The van der Waals surface area contributed by atoms with Gasteiger partial charge in [-0.05, 0) is 23.1 Å². The molecule has 0 spiro atoms. The largest absolute Gasteiger partial charge is 0.490 e. The van der Waals surface area contributed by atoms with Gasteiger partial charge < -0.3 is 10.1 Å². The van der Waals surface area contributed by atoms with Crippen molar-refractivity contribution in [1.82, 2.24) is 0 Å². The second-order valence-corrected chi connectivity index (χ2v) is 4.41. The lowest BCUT2D eigenvalue weighted by molar-refractivity contribution is -0.385. The summed E-state index contributed by atoms with van der Waals surface area (Å²) in [5.41, 5.74) is 1.84. The number of methoxy groups -OCH3 is 1. The molecule has 0 aliphatic carbocycles. The molecule has 0 unspecified atom stereocenters. The van der Waals surface area contributed by atoms with E-state index in [-0.39, 0.29) is 11.4 Å². The molecule has 1 heterocycles. The lowest BCUT2D eigenvalue weighted by Crippen LogP contribution is -2.00. The van der Waals surface area contributed by atoms with Crippen LogP contribution in [0.5, 0.6) is 5.75 Å². The third kappa shape index (κ3) is 2.78. The zero-order valence-corrected chi connectivity index (χ0v) is 10.6. The highest BCUT2D eigenvalue weighted by molar-refractivity contribution is 7.08. The van der Waals surface area contributed by atoms with Crippen LogP contribution >= 0.6 is 11.3 Å². The van der Waals surface area contributed by atoms with Crippen molar-refractivity contribution in [3.8, 4) is 5.75 Å². The van der Waals surface area contributed by atoms with Crippen LogP contribution in [0.1, 0.15) is 5.56 Å². The van der Waals surface area contributed by atoms with E-state index in [4.69, 9.17) is 4.74 Å². The number of nitrogens with zero attached hydrogens (tertiary/aromatic N) is 1. The van der Waals surface area contributed by atoms with Crippen LogP contribution in [0.25, 0.3) is 0 Å². The first kappa shape index (κ1) is 12.4. The highest BCUT2D eigenvalue weighted by atomic mass is 32.1. The van der Waals surface area contributed by atoms with Crippen LogP contribution in [0.4, 0.5) is 11.4 Å². The van der Waals surface area contributed by atoms with Crippen LogP contribution < -0.4 is 10.1 Å². The van der Waals surface area contributed by atoms with Gasteiger partial charge in [0.05, 0.1) is 12.0 Å². The molecule has 18 heavy (non-hydrogen) atoms. The molecule has 0 aliphatic heterocycles. The molecular formula is C12H12N2O3S. The molecule has 2 aromatic rings. The van der Waals surface area contributed by atoms with Gasteiger partial charge in [0.25, 0.3) is 0 Å². The van der Waals surface area contributed by atoms with E-state index in [0.717, 1.165) is 11.3 Å². The Balaban J connectivity index is 2.14. The van der Waals surface area contributed by atoms with Crippen molar-refractivity contribution in [2.75, 3.05) is 12.4 Å². The fourth-order valence-corrected chi connectivity index (χ4v) is 2.17. The van der Waals surface area contributed by atoms with Crippen molar-refractivity contribution >= 4 is 22.7 Å². The van der Waals surface area contributed by atoms with E-state index in [0.29, 0.717) is 6.54 Å². The predicted octanol–water partition coefficient (Wildman–Crippen LogP) is 3.28. The molecule has 0 aliphatic rings. The molecule has 0 radical (unpaired) electrons. The Hall–Kier alpha value is -2.08. The van der Waals surface area contributed by atoms with Gasteiger partial charge in [-0.15, -0.1) is 0 Å². The number of benzene rings is 1. The van der Waals surface area contributed by atoms with Gasteiger partial charge in [0.15, 0.2) is 5.75 Å². The van der Waals surface area contributed by atoms with Gasteiger partial charge in [-0.25, -0.2) is 0 Å². The van der Waals surface area contributed by atoms with E-state index in [1.807, 2.05) is 22.9 Å². The summed E-state index contributed by atoms with van der Waals surface area (Å²) in [6.07, 6.45) is 0. The third-order valence-electron chi connectivity index (χ3n) is 2.46. The smallest absolute Gasteiger partial charge is 0.311 e. The molecule has 5 nitrogen and oxygen atoms in total. The van der Waals surface area contributed by atoms with Crippen LogP contribution in [-0.2, 0) is 6.54 Å². The summed E-state index contributed by atoms with van der Waals surface area (Å²) in [4.78, 5) is 10.4. The maximum atomic E-state index is 10.9. The van der Waals surface area contributed by atoms with Gasteiger partial charge in [0.1, 0.15) is 0 Å². The molecule has 1 aromatic carbocycles. The summed E-state index contributed by atoms with van der Waals surface area (Å²) < 4.78 is 4.95. The number of nitrogens with one attached hydrogen (secondary N) is 1. The van der Waals surface area contributed by atoms with Gasteiger partial charge >= 0.3 is 5.69 Å². The molecule has 0 fully saturated rings. The Morgan fingerprint density at radius 1 is 1.44 bits per heavy atom. The van der Waals surface area contributed by atoms with Gasteiger partial charge in [0.2, 0.25) is 0 Å². The van der Waals surface area contributed by atoms with Crippen molar-refractivity contribution in [1.29, 1.82) is 0 Å². The van der Waals surface area contributed by atoms with Crippen LogP contribution in [0.15, 0.2) is 35.0 Å². The zero-order valence-electron chi connectivity index (χ0n) is 9.75. The molecule has 0 saturated heterocycles. The number of hydrogen-bond acceptors (Lipinski definition) is 5. The molecule has 0 saturated carbocycles. The van der Waals surface area contributed by atoms with E-state index in [2.05, 4.69) is 5.32 Å². The van der Waals surface area contributed by atoms with Gasteiger partial charge in [-0.1, -0.05) is 6.07 Å². The molecule has 2 rings (SSSR count). The number of hydrogen-bond donors (Lipinski definition) is 1. The Labute approximate surface area is 108 Å². The minimum atomic E-state index is -0.438. The second kappa shape index (κ2) is 5.50. The van der Waals surface area contributed by atoms with E-state index in [1.54, 1.807) is 17.4 Å². The summed E-state index contributed by atoms with van der Waals surface area (Å²) in [5.74, 6) is 0.277. The lowest BCUT2D eigenvalue weighted by atomic mass is 10.2. The first-order valence-corrected chi connectivity index (χ1v) is 6.22. The standard InChI is InChI=1S/C12H12N2O3S/c1-17-12-3-2-9(6-11(12)14(15)16)7-13-10-4-5-18-8-10/h2-6,8,13H,7H2,1H3. The number of anilines is 1. The first-order valence-electron chi connectivity index (χ1n) is 5.28. The number of nitro groups is 1. The number of ether oxygens (including phenoxy) is 1. The molecule has 94 valence electrons. The predicted molar refractivity (Wildman–Crippen MR) is 71.3 cm³/mol. The summed E-state index contributed by atoms with van der Waals surface area (Å²) in [6, 6.07) is 6.91. The minimum Gasteiger partial charge on any atom is -0.490 e. The SMILES string of the molecule is COc1ccc(CNc2ccsc2)cc1[N+](=O)[O-]. The monoisotopic (exact) mass is 264 g/mol. The van der Waals surface area contributed by atoms with Crippen molar-refractivity contribution < 1.29 is 9.66 Å². The molecule has 0 amide bonds. The van der Waals surface area contributed by atoms with Gasteiger partial charge in [-0.3, -0.25) is 10.1 Å². The summed E-state index contributed by atoms with van der Waals surface area (Å²) in [7, 11) is 1.42. The molecule has 0 atom stereocenters. The second-order valence-electron chi connectivity index (χ2n) is 3.63. The van der Waals surface area contributed by atoms with Gasteiger partial charge in [0, 0.05) is 23.7 Å². The zero-order chi connectivity index (χ0) is 13.0. The molecule has 6 heteroatoms. The minimum absolute atomic E-state index is 0.0119. The van der Waals surface area contributed by atoms with Crippen molar-refractivity contribution in [2.24, 2.45) is 0 Å². The highest BCUT2D eigenvalue weighted by Crippen LogP contribution is 2.27. The van der Waals surface area contributed by atoms with E-state index >= 15 is 0 Å². The molecule has 1 aromatic heterocycles. The average molecular weight is 264 g/mol. The fourth-order valence-electron chi connectivity index (χ4n) is 1.56. The number of rotatable bonds is 5. The highest BCUT2D eigenvalue weighted by Gasteiger charge is 2.14. The molecular weight excluding hydrogens is 252 g/mol. The summed E-state index contributed by atoms with van der Waals surface area (Å²) in [6.45, 7) is 0.543. The van der Waals surface area contributed by atoms with Crippen LogP contribution in [0, 0.1) is 10.1 Å². The normalized spacial score (nSPS) is 10.1. The van der Waals surface area contributed by atoms with Crippen LogP contribution in [-0.4, -0.2) is 12.0 Å². The Morgan fingerprint density at radius 3 is 2.89 bits per heavy atom. The van der Waals surface area contributed by atoms with Crippen LogP contribution in [0.2, 0.25) is 0 Å². The van der Waals surface area contributed by atoms with Gasteiger partial charge in [-0.2, -0.15) is 11.3 Å². The number of thiophene rings is 1. The Kier molecular flexibility index (Phi) is 3.78. The van der Waals surface area contributed by atoms with Crippen molar-refractivity contribution in [3.63, 3.8) is 0 Å². The maximum absolute atomic E-state index is 10.9. The summed E-state index contributed by atoms with van der Waals surface area (Å²) in [5, 5.41) is 18.0. The van der Waals surface area contributed by atoms with E-state index < -0.39 is 4.92 Å². The van der Waals surface area contributed by atoms with Crippen LogP contribution in [0.3, 0.4) is 0 Å². The van der Waals surface area contributed by atoms with E-state index in [1.165, 1.54) is 13.2 Å².